The van der Waals surface area contributed by atoms with Crippen molar-refractivity contribution >= 4 is 40.8 Å². The highest BCUT2D eigenvalue weighted by atomic mass is 16.5. The summed E-state index contributed by atoms with van der Waals surface area (Å²) in [5.74, 6) is 0.254. The van der Waals surface area contributed by atoms with Crippen molar-refractivity contribution < 1.29 is 9.84 Å². The molecule has 0 saturated carbocycles. The van der Waals surface area contributed by atoms with Crippen molar-refractivity contribution in [3.63, 3.8) is 0 Å². The topological polar surface area (TPSA) is 148 Å². The number of aromatic nitrogens is 4. The van der Waals surface area contributed by atoms with Crippen molar-refractivity contribution in [2.24, 2.45) is 10.2 Å². The number of imidazole rings is 1. The Hall–Kier alpha value is -4.35. The minimum absolute atomic E-state index is 0.254. The van der Waals surface area contributed by atoms with Crippen molar-refractivity contribution in [1.82, 2.24) is 19.5 Å². The van der Waals surface area contributed by atoms with Crippen molar-refractivity contribution in [3.8, 4) is 0 Å². The van der Waals surface area contributed by atoms with Crippen molar-refractivity contribution in [1.29, 1.82) is 0 Å². The number of para-hydroxylation sites is 2. The summed E-state index contributed by atoms with van der Waals surface area (Å²) in [6, 6.07) is 18.9. The van der Waals surface area contributed by atoms with Crippen LogP contribution < -0.4 is 16.6 Å². The van der Waals surface area contributed by atoms with Gasteiger partial charge >= 0.3 is 0 Å². The second-order valence-corrected chi connectivity index (χ2v) is 6.84. The highest BCUT2D eigenvalue weighted by Gasteiger charge is 2.19. The van der Waals surface area contributed by atoms with Gasteiger partial charge < -0.3 is 15.6 Å². The first-order chi connectivity index (χ1) is 16.2. The number of nitrogens with two attached hydrogens (primary N) is 1. The van der Waals surface area contributed by atoms with Crippen molar-refractivity contribution in [3.05, 3.63) is 73.3 Å². The van der Waals surface area contributed by atoms with E-state index in [4.69, 9.17) is 10.5 Å². The van der Waals surface area contributed by atoms with Crippen LogP contribution in [0.15, 0.2) is 83.5 Å². The summed E-state index contributed by atoms with van der Waals surface area (Å²) in [4.78, 5) is 12.5. The number of nitrogens with one attached hydrogen (secondary N) is 2. The van der Waals surface area contributed by atoms with E-state index < -0.39 is 12.3 Å². The number of hydrogen-bond donors (Lipinski definition) is 4. The number of nitrogen functional groups attached to an aromatic ring is 1. The maximum Gasteiger partial charge on any atom is 0.175 e. The summed E-state index contributed by atoms with van der Waals surface area (Å²) < 4.78 is 7.70. The molecule has 11 nitrogen and oxygen atoms in total. The van der Waals surface area contributed by atoms with Crippen molar-refractivity contribution in [2.75, 3.05) is 23.2 Å². The first-order valence-electron chi connectivity index (χ1n) is 10.1. The van der Waals surface area contributed by atoms with Crippen LogP contribution in [0.2, 0.25) is 0 Å². The molecule has 33 heavy (non-hydrogen) atoms. The first kappa shape index (κ1) is 21.9. The maximum atomic E-state index is 9.86. The number of aliphatic hydroxyl groups excluding tert-OH is 1. The highest BCUT2D eigenvalue weighted by molar-refractivity contribution is 5.82. The van der Waals surface area contributed by atoms with Crippen LogP contribution in [0.5, 0.6) is 0 Å². The average molecular weight is 445 g/mol. The molecule has 0 bridgehead atoms. The van der Waals surface area contributed by atoms with E-state index in [1.54, 1.807) is 4.57 Å². The molecule has 2 unspecified atom stereocenters. The molecule has 0 aliphatic rings. The summed E-state index contributed by atoms with van der Waals surface area (Å²) in [5, 5.41) is 18.3. The van der Waals surface area contributed by atoms with E-state index in [0.717, 1.165) is 11.4 Å². The molecule has 0 saturated heterocycles. The zero-order chi connectivity index (χ0) is 22.9. The van der Waals surface area contributed by atoms with Gasteiger partial charge in [0.2, 0.25) is 0 Å². The Labute approximate surface area is 189 Å². The summed E-state index contributed by atoms with van der Waals surface area (Å²) in [6.45, 7) is -0.305. The molecule has 11 heteroatoms. The SMILES string of the molecule is Nc1ncnc2c1ncn2C(/C=N/Nc1ccccc1)OC(/C=N/Nc1ccccc1)CO. The molecule has 168 valence electrons. The third-order valence-corrected chi connectivity index (χ3v) is 4.53. The van der Waals surface area contributed by atoms with Crippen LogP contribution in [0.1, 0.15) is 6.23 Å². The van der Waals surface area contributed by atoms with Crippen LogP contribution in [0.25, 0.3) is 11.2 Å². The minimum Gasteiger partial charge on any atom is -0.393 e. The monoisotopic (exact) mass is 445 g/mol. The summed E-state index contributed by atoms with van der Waals surface area (Å²) in [7, 11) is 0. The van der Waals surface area contributed by atoms with Gasteiger partial charge in [0.05, 0.1) is 36.7 Å². The number of anilines is 3. The van der Waals surface area contributed by atoms with E-state index >= 15 is 0 Å². The lowest BCUT2D eigenvalue weighted by atomic mass is 10.3. The van der Waals surface area contributed by atoms with Gasteiger partial charge in [0.25, 0.3) is 0 Å². The van der Waals surface area contributed by atoms with Gasteiger partial charge in [-0.1, -0.05) is 36.4 Å². The number of aliphatic hydroxyl groups is 1. The average Bonchev–Trinajstić information content (AvgIpc) is 3.29. The van der Waals surface area contributed by atoms with Crippen LogP contribution in [0.3, 0.4) is 0 Å². The third kappa shape index (κ3) is 5.67. The van der Waals surface area contributed by atoms with Crippen LogP contribution in [-0.4, -0.2) is 49.8 Å². The van der Waals surface area contributed by atoms with E-state index in [1.165, 1.54) is 25.1 Å². The van der Waals surface area contributed by atoms with Gasteiger partial charge in [-0.05, 0) is 24.3 Å². The van der Waals surface area contributed by atoms with E-state index in [0.29, 0.717) is 11.2 Å². The number of hydrogen-bond acceptors (Lipinski definition) is 10. The predicted molar refractivity (Wildman–Crippen MR) is 128 cm³/mol. The first-order valence-corrected chi connectivity index (χ1v) is 10.1. The Balaban J connectivity index is 1.55. The largest absolute Gasteiger partial charge is 0.393 e. The fourth-order valence-electron chi connectivity index (χ4n) is 2.93. The van der Waals surface area contributed by atoms with Gasteiger partial charge in [0, 0.05) is 0 Å². The zero-order valence-electron chi connectivity index (χ0n) is 17.6. The van der Waals surface area contributed by atoms with Gasteiger partial charge in [0.1, 0.15) is 17.9 Å². The Morgan fingerprint density at radius 3 is 2.21 bits per heavy atom. The van der Waals surface area contributed by atoms with Gasteiger partial charge in [-0.2, -0.15) is 10.2 Å². The molecule has 0 fully saturated rings. The van der Waals surface area contributed by atoms with E-state index in [-0.39, 0.29) is 12.4 Å². The molecule has 4 rings (SSSR count). The molecule has 2 aromatic heterocycles. The van der Waals surface area contributed by atoms with Gasteiger partial charge in [-0.3, -0.25) is 15.4 Å². The molecule has 0 aliphatic carbocycles. The summed E-state index contributed by atoms with van der Waals surface area (Å²) >= 11 is 0. The molecule has 0 spiro atoms. The number of hydrazone groups is 2. The molecular formula is C22H23N9O2. The van der Waals surface area contributed by atoms with E-state index in [2.05, 4.69) is 36.0 Å². The minimum atomic E-state index is -0.777. The molecule has 0 aliphatic heterocycles. The molecule has 5 N–H and O–H groups in total. The smallest absolute Gasteiger partial charge is 0.175 e. The second kappa shape index (κ2) is 10.8. The second-order valence-electron chi connectivity index (χ2n) is 6.84. The molecule has 2 atom stereocenters. The lowest BCUT2D eigenvalue weighted by molar-refractivity contribution is 0.00153. The van der Waals surface area contributed by atoms with Crippen LogP contribution in [0.4, 0.5) is 17.2 Å². The fourth-order valence-corrected chi connectivity index (χ4v) is 2.93. The van der Waals surface area contributed by atoms with Crippen molar-refractivity contribution in [2.45, 2.75) is 12.3 Å². The number of nitrogens with zero attached hydrogens (tertiary/aromatic N) is 6. The van der Waals surface area contributed by atoms with Crippen LogP contribution in [-0.2, 0) is 4.74 Å². The van der Waals surface area contributed by atoms with Gasteiger partial charge in [-0.25, -0.2) is 15.0 Å². The molecule has 0 radical (unpaired) electrons. The number of rotatable bonds is 10. The molecule has 4 aromatic rings. The quantitative estimate of drug-likeness (QED) is 0.215. The number of benzene rings is 2. The molecule has 2 heterocycles. The normalized spacial score (nSPS) is 13.5. The standard InChI is InChI=1S/C22H23N9O2/c23-21-20-22(25-14-24-21)31(15-26-20)19(12-28-30-17-9-5-2-6-10-17)33-18(13-32)11-27-29-16-7-3-1-4-8-16/h1-12,14-15,18-19,29-30,32H,13H2,(H2,23,24,25)/b27-11+,28-12+. The zero-order valence-corrected chi connectivity index (χ0v) is 17.6. The number of ether oxygens (including phenoxy) is 1. The molecule has 2 aromatic carbocycles. The highest BCUT2D eigenvalue weighted by Crippen LogP contribution is 2.20. The molecule has 0 amide bonds. The lowest BCUT2D eigenvalue weighted by Crippen LogP contribution is -2.26. The van der Waals surface area contributed by atoms with Crippen LogP contribution in [0, 0.1) is 0 Å². The van der Waals surface area contributed by atoms with Gasteiger partial charge in [-0.15, -0.1) is 0 Å². The predicted octanol–water partition coefficient (Wildman–Crippen LogP) is 2.48. The Bertz CT molecular complexity index is 1210. The third-order valence-electron chi connectivity index (χ3n) is 4.53. The summed E-state index contributed by atoms with van der Waals surface area (Å²) in [6.07, 6.45) is 4.37. The van der Waals surface area contributed by atoms with Crippen LogP contribution >= 0.6 is 0 Å². The maximum absolute atomic E-state index is 9.86. The Morgan fingerprint density at radius 1 is 0.939 bits per heavy atom. The Morgan fingerprint density at radius 2 is 1.58 bits per heavy atom. The van der Waals surface area contributed by atoms with E-state index in [9.17, 15) is 5.11 Å². The molecular weight excluding hydrogens is 422 g/mol. The fraction of sp³-hybridized carbons (Fsp3) is 0.136. The van der Waals surface area contributed by atoms with E-state index in [1.807, 2.05) is 60.7 Å². The Kier molecular flexibility index (Phi) is 7.15. The summed E-state index contributed by atoms with van der Waals surface area (Å²) in [5.41, 5.74) is 14.3. The number of fused-ring (bicyclic) bond motifs is 1. The lowest BCUT2D eigenvalue weighted by Gasteiger charge is -2.19. The van der Waals surface area contributed by atoms with Gasteiger partial charge in [0.15, 0.2) is 17.7 Å².